The summed E-state index contributed by atoms with van der Waals surface area (Å²) in [4.78, 5) is 26.8. The molecule has 0 unspecified atom stereocenters. The van der Waals surface area contributed by atoms with E-state index >= 15 is 0 Å². The molecule has 4 N–H and O–H groups in total. The summed E-state index contributed by atoms with van der Waals surface area (Å²) in [5.41, 5.74) is 2.13. The normalized spacial score (nSPS) is 11.7. The van der Waals surface area contributed by atoms with E-state index in [1.165, 1.54) is 0 Å². The van der Waals surface area contributed by atoms with Gasteiger partial charge in [0.15, 0.2) is 0 Å². The first-order valence-electron chi connectivity index (χ1n) is 8.49. The maximum Gasteiger partial charge on any atom is 0.414 e. The maximum atomic E-state index is 12.0. The molecule has 0 bridgehead atoms. The summed E-state index contributed by atoms with van der Waals surface area (Å²) < 4.78 is 5.25. The summed E-state index contributed by atoms with van der Waals surface area (Å²) in [6.07, 6.45) is -1.07. The molecular formula is C18H28N4O4. The van der Waals surface area contributed by atoms with Crippen molar-refractivity contribution in [3.63, 3.8) is 0 Å². The lowest BCUT2D eigenvalue weighted by atomic mass is 10.0. The molecule has 8 nitrogen and oxygen atoms in total. The number of nitrogens with one attached hydrogen (secondary N) is 3. The fourth-order valence-electron chi connectivity index (χ4n) is 2.19. The number of anilines is 1. The van der Waals surface area contributed by atoms with Crippen LogP contribution in [0.2, 0.25) is 0 Å². The van der Waals surface area contributed by atoms with Crippen molar-refractivity contribution in [3.8, 4) is 0 Å². The van der Waals surface area contributed by atoms with Crippen LogP contribution in [0.25, 0.3) is 0 Å². The topological polar surface area (TPSA) is 112 Å². The zero-order valence-electron chi connectivity index (χ0n) is 16.0. The first-order chi connectivity index (χ1) is 12.1. The zero-order valence-corrected chi connectivity index (χ0v) is 16.0. The third-order valence-corrected chi connectivity index (χ3v) is 3.31. The molecule has 0 aliphatic rings. The molecule has 1 aromatic carbocycles. The van der Waals surface area contributed by atoms with Crippen LogP contribution >= 0.6 is 0 Å². The van der Waals surface area contributed by atoms with Gasteiger partial charge in [0.2, 0.25) is 5.96 Å². The highest BCUT2D eigenvalue weighted by Gasteiger charge is 2.18. The molecule has 1 aromatic rings. The first-order valence-corrected chi connectivity index (χ1v) is 8.49. The van der Waals surface area contributed by atoms with Crippen molar-refractivity contribution in [2.75, 3.05) is 18.4 Å². The van der Waals surface area contributed by atoms with Crippen molar-refractivity contribution in [2.45, 2.75) is 46.6 Å². The van der Waals surface area contributed by atoms with Crippen LogP contribution < -0.4 is 16.0 Å². The Balaban J connectivity index is 2.84. The predicted octanol–water partition coefficient (Wildman–Crippen LogP) is 3.12. The van der Waals surface area contributed by atoms with E-state index in [1.54, 1.807) is 20.8 Å². The van der Waals surface area contributed by atoms with Gasteiger partial charge < -0.3 is 20.5 Å². The Hall–Kier alpha value is -2.77. The van der Waals surface area contributed by atoms with Gasteiger partial charge >= 0.3 is 12.2 Å². The number of nitrogens with zero attached hydrogens (tertiary/aromatic N) is 1. The Morgan fingerprint density at radius 3 is 2.54 bits per heavy atom. The largest absolute Gasteiger partial charge is 0.465 e. The van der Waals surface area contributed by atoms with E-state index in [4.69, 9.17) is 9.84 Å². The molecule has 0 saturated heterocycles. The molecule has 0 aliphatic heterocycles. The van der Waals surface area contributed by atoms with Crippen molar-refractivity contribution in [2.24, 2.45) is 4.99 Å². The number of carbonyl (C=O) groups excluding carboxylic acids is 1. The van der Waals surface area contributed by atoms with Crippen molar-refractivity contribution in [1.82, 2.24) is 10.6 Å². The van der Waals surface area contributed by atoms with Gasteiger partial charge in [0, 0.05) is 18.8 Å². The summed E-state index contributed by atoms with van der Waals surface area (Å²) >= 11 is 0. The SMILES string of the molecule is CCN=C(NC(=O)OC(C)(C)C)Nc1cccc(CCNC(=O)O)c1C. The summed E-state index contributed by atoms with van der Waals surface area (Å²) in [7, 11) is 0. The van der Waals surface area contributed by atoms with Gasteiger partial charge in [-0.2, -0.15) is 0 Å². The van der Waals surface area contributed by atoms with Gasteiger partial charge in [-0.3, -0.25) is 10.3 Å². The number of guanidine groups is 1. The predicted molar refractivity (Wildman–Crippen MR) is 102 cm³/mol. The standard InChI is InChI=1S/C18H28N4O4/c1-6-19-15(22-17(25)26-18(3,4)5)21-14-9-7-8-13(12(14)2)10-11-20-16(23)24/h7-9,20H,6,10-11H2,1-5H3,(H,23,24)(H2,19,21,22,25). The second kappa shape index (κ2) is 9.65. The van der Waals surface area contributed by atoms with E-state index in [9.17, 15) is 9.59 Å². The summed E-state index contributed by atoms with van der Waals surface area (Å²) in [5, 5.41) is 16.7. The van der Waals surface area contributed by atoms with E-state index in [-0.39, 0.29) is 0 Å². The molecule has 0 saturated carbocycles. The number of aliphatic imine (C=N–C) groups is 1. The van der Waals surface area contributed by atoms with Crippen molar-refractivity contribution >= 4 is 23.8 Å². The Kier molecular flexibility index (Phi) is 7.89. The molecule has 2 amide bonds. The Morgan fingerprint density at radius 1 is 1.27 bits per heavy atom. The van der Waals surface area contributed by atoms with Crippen LogP contribution in [0.3, 0.4) is 0 Å². The summed E-state index contributed by atoms with van der Waals surface area (Å²) in [6, 6.07) is 5.66. The van der Waals surface area contributed by atoms with Crippen LogP contribution in [0.4, 0.5) is 15.3 Å². The second-order valence-corrected chi connectivity index (χ2v) is 6.65. The van der Waals surface area contributed by atoms with E-state index < -0.39 is 17.8 Å². The third kappa shape index (κ3) is 7.87. The van der Waals surface area contributed by atoms with Crippen LogP contribution in [0.15, 0.2) is 23.2 Å². The molecule has 144 valence electrons. The van der Waals surface area contributed by atoms with Crippen molar-refractivity contribution < 1.29 is 19.4 Å². The smallest absolute Gasteiger partial charge is 0.414 e. The van der Waals surface area contributed by atoms with Gasteiger partial charge in [-0.05, 0) is 58.2 Å². The number of alkyl carbamates (subject to hydrolysis) is 1. The zero-order chi connectivity index (χ0) is 19.7. The molecule has 26 heavy (non-hydrogen) atoms. The average Bonchev–Trinajstić information content (AvgIpc) is 2.48. The fraction of sp³-hybridized carbons (Fsp3) is 0.500. The Bertz CT molecular complexity index is 666. The molecular weight excluding hydrogens is 336 g/mol. The number of hydrogen-bond acceptors (Lipinski definition) is 4. The van der Waals surface area contributed by atoms with Gasteiger partial charge in [0.05, 0.1) is 0 Å². The molecule has 0 aromatic heterocycles. The quantitative estimate of drug-likeness (QED) is 0.474. The lowest BCUT2D eigenvalue weighted by molar-refractivity contribution is 0.0563. The lowest BCUT2D eigenvalue weighted by Crippen LogP contribution is -2.40. The number of carbonyl (C=O) groups is 2. The molecule has 0 fully saturated rings. The maximum absolute atomic E-state index is 12.0. The molecule has 8 heteroatoms. The minimum absolute atomic E-state index is 0.297. The third-order valence-electron chi connectivity index (χ3n) is 3.31. The van der Waals surface area contributed by atoms with Crippen molar-refractivity contribution in [3.05, 3.63) is 29.3 Å². The van der Waals surface area contributed by atoms with Crippen LogP contribution in [0.1, 0.15) is 38.8 Å². The van der Waals surface area contributed by atoms with E-state index in [1.807, 2.05) is 32.0 Å². The van der Waals surface area contributed by atoms with E-state index in [0.717, 1.165) is 16.8 Å². The Labute approximate surface area is 154 Å². The number of amides is 2. The van der Waals surface area contributed by atoms with Crippen LogP contribution in [0, 0.1) is 6.92 Å². The summed E-state index contributed by atoms with van der Waals surface area (Å²) in [6.45, 7) is 9.96. The number of hydrogen-bond donors (Lipinski definition) is 4. The molecule has 0 spiro atoms. The van der Waals surface area contributed by atoms with Crippen molar-refractivity contribution in [1.29, 1.82) is 0 Å². The number of benzene rings is 1. The second-order valence-electron chi connectivity index (χ2n) is 6.65. The molecule has 0 atom stereocenters. The first kappa shape index (κ1) is 21.3. The van der Waals surface area contributed by atoms with Gasteiger partial charge in [-0.1, -0.05) is 12.1 Å². The minimum Gasteiger partial charge on any atom is -0.465 e. The van der Waals surface area contributed by atoms with Gasteiger partial charge in [-0.25, -0.2) is 9.59 Å². The number of carboxylic acid groups (broad SMARTS) is 1. The highest BCUT2D eigenvalue weighted by atomic mass is 16.6. The van der Waals surface area contributed by atoms with Crippen LogP contribution in [0.5, 0.6) is 0 Å². The van der Waals surface area contributed by atoms with E-state index in [0.29, 0.717) is 25.5 Å². The lowest BCUT2D eigenvalue weighted by Gasteiger charge is -2.21. The van der Waals surface area contributed by atoms with Crippen LogP contribution in [-0.4, -0.2) is 41.9 Å². The van der Waals surface area contributed by atoms with Gasteiger partial charge in [0.1, 0.15) is 5.60 Å². The fourth-order valence-corrected chi connectivity index (χ4v) is 2.19. The van der Waals surface area contributed by atoms with Gasteiger partial charge in [0.25, 0.3) is 0 Å². The molecule has 0 heterocycles. The van der Waals surface area contributed by atoms with Crippen LogP contribution in [-0.2, 0) is 11.2 Å². The highest BCUT2D eigenvalue weighted by Crippen LogP contribution is 2.19. The average molecular weight is 364 g/mol. The Morgan fingerprint density at radius 2 is 1.96 bits per heavy atom. The molecule has 1 rings (SSSR count). The number of ether oxygens (including phenoxy) is 1. The highest BCUT2D eigenvalue weighted by molar-refractivity contribution is 6.02. The monoisotopic (exact) mass is 364 g/mol. The van der Waals surface area contributed by atoms with Gasteiger partial charge in [-0.15, -0.1) is 0 Å². The number of rotatable bonds is 5. The molecule has 0 aliphatic carbocycles. The van der Waals surface area contributed by atoms with E-state index in [2.05, 4.69) is 20.9 Å². The summed E-state index contributed by atoms with van der Waals surface area (Å²) in [5.74, 6) is 0.297. The molecule has 0 radical (unpaired) electrons. The minimum atomic E-state index is -1.05.